The predicted octanol–water partition coefficient (Wildman–Crippen LogP) is 7.98. The van der Waals surface area contributed by atoms with Crippen LogP contribution in [-0.2, 0) is 0 Å². The lowest BCUT2D eigenvalue weighted by Crippen LogP contribution is -2.32. The zero-order valence-electron chi connectivity index (χ0n) is 32.8. The van der Waals surface area contributed by atoms with Crippen LogP contribution in [0.25, 0.3) is 0 Å². The molecule has 1 aliphatic heterocycles. The Balaban J connectivity index is 1.04. The normalized spacial score (nSPS) is 11.3. The fourth-order valence-electron chi connectivity index (χ4n) is 5.71. The van der Waals surface area contributed by atoms with Gasteiger partial charge in [-0.15, -0.1) is 0 Å². The number of nitrogens with one attached hydrogen (secondary N) is 6. The van der Waals surface area contributed by atoms with E-state index in [2.05, 4.69) is 51.8 Å². The number of benzene rings is 4. The summed E-state index contributed by atoms with van der Waals surface area (Å²) in [6.45, 7) is 5.20. The van der Waals surface area contributed by atoms with Crippen molar-refractivity contribution in [1.29, 1.82) is 0 Å². The number of aromatic nitrogens is 4. The van der Waals surface area contributed by atoms with Crippen LogP contribution in [-0.4, -0.2) is 66.2 Å². The first-order chi connectivity index (χ1) is 29.9. The molecule has 3 heterocycles. The number of nitro groups is 2. The number of aryl methyl sites for hydroxylation is 2. The quantitative estimate of drug-likeness (QED) is 0.0295. The van der Waals surface area contributed by atoms with Crippen molar-refractivity contribution in [2.45, 2.75) is 13.8 Å². The van der Waals surface area contributed by atoms with Crippen LogP contribution < -0.4 is 50.8 Å². The highest BCUT2D eigenvalue weighted by atomic mass is 32.1. The molecule has 7 rings (SSSR count). The molecule has 0 amide bonds. The third kappa shape index (κ3) is 12.0. The van der Waals surface area contributed by atoms with Crippen molar-refractivity contribution in [3.63, 3.8) is 0 Å². The van der Waals surface area contributed by atoms with Gasteiger partial charge >= 0.3 is 0 Å². The van der Waals surface area contributed by atoms with E-state index in [0.717, 1.165) is 11.1 Å². The zero-order chi connectivity index (χ0) is 43.6. The van der Waals surface area contributed by atoms with Crippen molar-refractivity contribution in [1.82, 2.24) is 30.6 Å². The molecule has 0 saturated heterocycles. The second-order valence-electron chi connectivity index (χ2n) is 13.3. The van der Waals surface area contributed by atoms with Gasteiger partial charge in [-0.2, -0.15) is 19.9 Å². The zero-order valence-corrected chi connectivity index (χ0v) is 34.5. The Hall–Kier alpha value is -7.98. The molecule has 0 atom stereocenters. The van der Waals surface area contributed by atoms with E-state index in [9.17, 15) is 20.2 Å². The predicted molar refractivity (Wildman–Crippen MR) is 238 cm³/mol. The number of nitro benzene ring substituents is 2. The van der Waals surface area contributed by atoms with E-state index in [0.29, 0.717) is 70.8 Å². The number of anilines is 4. The summed E-state index contributed by atoms with van der Waals surface area (Å²) in [4.78, 5) is 39.2. The smallest absolute Gasteiger partial charge is 0.269 e. The van der Waals surface area contributed by atoms with Crippen molar-refractivity contribution >= 4 is 69.3 Å². The van der Waals surface area contributed by atoms with Crippen molar-refractivity contribution in [2.75, 3.05) is 47.4 Å². The van der Waals surface area contributed by atoms with E-state index >= 15 is 0 Å². The van der Waals surface area contributed by atoms with Crippen LogP contribution in [0.1, 0.15) is 11.1 Å². The van der Waals surface area contributed by atoms with Gasteiger partial charge in [0, 0.05) is 74.0 Å². The molecule has 0 fully saturated rings. The fraction of sp³-hybridized carbons (Fsp3) is 0.150. The van der Waals surface area contributed by atoms with Gasteiger partial charge in [0.05, 0.1) is 22.0 Å². The first kappa shape index (κ1) is 42.2. The maximum Gasteiger partial charge on any atom is 0.269 e. The summed E-state index contributed by atoms with van der Waals surface area (Å²) in [6, 6.07) is 25.6. The van der Waals surface area contributed by atoms with Gasteiger partial charge in [-0.1, -0.05) is 0 Å². The summed E-state index contributed by atoms with van der Waals surface area (Å²) in [5.41, 5.74) is 2.80. The topological polar surface area (TPSA) is 247 Å². The van der Waals surface area contributed by atoms with E-state index < -0.39 is 9.85 Å². The van der Waals surface area contributed by atoms with E-state index in [1.807, 2.05) is 38.1 Å². The Morgan fingerprint density at radius 2 is 0.839 bits per heavy atom. The number of hydrogen-bond donors (Lipinski definition) is 6. The highest BCUT2D eigenvalue weighted by Crippen LogP contribution is 2.35. The van der Waals surface area contributed by atoms with Gasteiger partial charge in [0.15, 0.2) is 10.2 Å². The minimum Gasteiger partial charge on any atom is -0.439 e. The van der Waals surface area contributed by atoms with Crippen LogP contribution in [0.4, 0.5) is 34.6 Å². The van der Waals surface area contributed by atoms with Crippen LogP contribution in [0.5, 0.6) is 46.5 Å². The van der Waals surface area contributed by atoms with Gasteiger partial charge in [0.1, 0.15) is 23.0 Å². The third-order valence-corrected chi connectivity index (χ3v) is 8.85. The maximum atomic E-state index is 11.0. The summed E-state index contributed by atoms with van der Waals surface area (Å²) < 4.78 is 25.0. The Bertz CT molecular complexity index is 2370. The maximum absolute atomic E-state index is 11.0. The van der Waals surface area contributed by atoms with E-state index in [1.54, 1.807) is 48.5 Å². The Kier molecular flexibility index (Phi) is 13.2. The molecule has 0 radical (unpaired) electrons. The number of rotatable bonds is 12. The SMILES string of the molecule is Cc1cc2cc(c1)Oc1cc(nc(NCCNC(=S)Nc3ccc([N+](=O)[O-])cc3)n1)Oc1cc(C)cc(c1)Oc1cc(nc(NCCNC(=S)Nc3ccc([N+](=O)[O-])cc3)n1)O2. The minimum atomic E-state index is -0.471. The van der Waals surface area contributed by atoms with E-state index in [-0.39, 0.29) is 46.8 Å². The number of ether oxygens (including phenoxy) is 4. The van der Waals surface area contributed by atoms with Crippen LogP contribution in [0.15, 0.2) is 97.1 Å². The number of fused-ring (bicyclic) bond motifs is 8. The second-order valence-corrected chi connectivity index (χ2v) is 14.1. The number of hydrogen-bond acceptors (Lipinski definition) is 16. The van der Waals surface area contributed by atoms with Crippen LogP contribution in [0, 0.1) is 34.1 Å². The highest BCUT2D eigenvalue weighted by Gasteiger charge is 2.16. The van der Waals surface area contributed by atoms with Crippen molar-refractivity contribution in [3.05, 3.63) is 128 Å². The summed E-state index contributed by atoms with van der Waals surface area (Å²) in [5.74, 6) is 2.81. The molecule has 62 heavy (non-hydrogen) atoms. The summed E-state index contributed by atoms with van der Waals surface area (Å²) in [5, 5.41) is 41.0. The van der Waals surface area contributed by atoms with Crippen molar-refractivity contribution in [3.8, 4) is 46.5 Å². The monoisotopic (exact) mass is 876 g/mol. The highest BCUT2D eigenvalue weighted by molar-refractivity contribution is 7.80. The van der Waals surface area contributed by atoms with E-state index in [4.69, 9.17) is 43.4 Å². The van der Waals surface area contributed by atoms with Crippen molar-refractivity contribution < 1.29 is 28.8 Å². The average Bonchev–Trinajstić information content (AvgIpc) is 3.20. The Morgan fingerprint density at radius 3 is 1.15 bits per heavy atom. The molecular formula is C40H36N12O8S2. The number of thiocarbonyl (C=S) groups is 2. The van der Waals surface area contributed by atoms with Crippen LogP contribution in [0.2, 0.25) is 0 Å². The molecule has 6 aromatic rings. The molecule has 1 aliphatic rings. The van der Waals surface area contributed by atoms with Gasteiger partial charge in [-0.3, -0.25) is 20.2 Å². The van der Waals surface area contributed by atoms with Gasteiger partial charge in [0.25, 0.3) is 11.4 Å². The van der Waals surface area contributed by atoms with Gasteiger partial charge in [-0.25, -0.2) is 0 Å². The van der Waals surface area contributed by atoms with Crippen molar-refractivity contribution in [2.24, 2.45) is 0 Å². The molecule has 6 N–H and O–H groups in total. The summed E-state index contributed by atoms with van der Waals surface area (Å²) in [7, 11) is 0. The first-order valence-electron chi connectivity index (χ1n) is 18.7. The average molecular weight is 877 g/mol. The number of non-ortho nitro benzene ring substituents is 2. The van der Waals surface area contributed by atoms with Gasteiger partial charge in [-0.05, 0) is 97.9 Å². The lowest BCUT2D eigenvalue weighted by atomic mass is 10.2. The molecular weight excluding hydrogens is 841 g/mol. The second kappa shape index (κ2) is 19.4. The minimum absolute atomic E-state index is 0.0225. The summed E-state index contributed by atoms with van der Waals surface area (Å²) in [6.07, 6.45) is 0. The number of nitrogens with zero attached hydrogens (tertiary/aromatic N) is 6. The molecule has 8 bridgehead atoms. The van der Waals surface area contributed by atoms with Gasteiger partial charge < -0.3 is 50.8 Å². The molecule has 0 spiro atoms. The fourth-order valence-corrected chi connectivity index (χ4v) is 6.15. The first-order valence-corrected chi connectivity index (χ1v) is 19.5. The largest absolute Gasteiger partial charge is 0.439 e. The van der Waals surface area contributed by atoms with Gasteiger partial charge in [0.2, 0.25) is 35.4 Å². The molecule has 20 nitrogen and oxygen atoms in total. The molecule has 0 aliphatic carbocycles. The lowest BCUT2D eigenvalue weighted by Gasteiger charge is -2.16. The van der Waals surface area contributed by atoms with Crippen LogP contribution in [0.3, 0.4) is 0 Å². The van der Waals surface area contributed by atoms with Crippen LogP contribution >= 0.6 is 24.4 Å². The Labute approximate surface area is 363 Å². The lowest BCUT2D eigenvalue weighted by molar-refractivity contribution is -0.385. The molecule has 316 valence electrons. The molecule has 0 unspecified atom stereocenters. The standard InChI is InChI=1S/C40H36N12O8S2/c1-23-15-29-19-30(16-23)58-34-22-36(50-38(48-34)42-12-14-44-40(62)46-26-5-9-28(10-6-26)52(55)56)60-32-18-24(2)17-31(20-32)59-35-21-33(57-29)47-37(49-35)41-11-13-43-39(61)45-25-3-7-27(8-4-25)51(53)54/h3-10,15-22H,11-14H2,1-2H3,(H,41,47,49)(H,42,48,50)(H2,43,45,61)(H2,44,46,62). The molecule has 2 aromatic heterocycles. The molecule has 0 saturated carbocycles. The molecule has 4 aromatic carbocycles. The summed E-state index contributed by atoms with van der Waals surface area (Å²) >= 11 is 10.8. The van der Waals surface area contributed by atoms with E-state index in [1.165, 1.54) is 24.3 Å². The Morgan fingerprint density at radius 1 is 0.516 bits per heavy atom. The third-order valence-electron chi connectivity index (χ3n) is 8.36. The molecule has 22 heteroatoms.